The van der Waals surface area contributed by atoms with Crippen molar-refractivity contribution in [2.45, 2.75) is 103 Å². The van der Waals surface area contributed by atoms with Gasteiger partial charge in [-0.15, -0.1) is 0 Å². The number of carboxylic acids is 1. The number of unbranched alkanes of at least 4 members (excludes halogenated alkanes) is 12. The van der Waals surface area contributed by atoms with Crippen molar-refractivity contribution in [3.8, 4) is 0 Å². The maximum absolute atomic E-state index is 11.9. The van der Waals surface area contributed by atoms with Gasteiger partial charge >= 0.3 is 11.9 Å². The largest absolute Gasteiger partial charge is 0.481 e. The minimum Gasteiger partial charge on any atom is -0.481 e. The maximum Gasteiger partial charge on any atom is 0.305 e. The van der Waals surface area contributed by atoms with Crippen LogP contribution in [0.15, 0.2) is 0 Å². The minimum atomic E-state index is -0.876. The van der Waals surface area contributed by atoms with E-state index in [1.807, 2.05) is 0 Å². The fourth-order valence-electron chi connectivity index (χ4n) is 5.25. The summed E-state index contributed by atoms with van der Waals surface area (Å²) >= 11 is 0. The van der Waals surface area contributed by atoms with E-state index in [0.717, 1.165) is 12.8 Å². The summed E-state index contributed by atoms with van der Waals surface area (Å²) in [6, 6.07) is 0. The molecule has 0 fully saturated rings. The summed E-state index contributed by atoms with van der Waals surface area (Å²) in [5.74, 6) is -1.01. The average Bonchev–Trinajstić information content (AvgIpc) is 3.23. The van der Waals surface area contributed by atoms with E-state index in [4.69, 9.17) is 66.7 Å². The fraction of sp³-hybridized carbons (Fsp3) is 0.953. The third kappa shape index (κ3) is 54.4. The molecule has 0 heterocycles. The Morgan fingerprint density at radius 1 is 0.288 bits per heavy atom. The van der Waals surface area contributed by atoms with Crippen molar-refractivity contribution in [2.75, 3.05) is 165 Å². The number of carbonyl (C=O) groups excluding carboxylic acids is 1. The number of carboxylic acid groups (broad SMARTS) is 1. The lowest BCUT2D eigenvalue weighted by Crippen LogP contribution is -2.15. The van der Waals surface area contributed by atoms with Crippen LogP contribution in [0.3, 0.4) is 0 Å². The zero-order valence-corrected chi connectivity index (χ0v) is 36.9. The summed E-state index contributed by atoms with van der Waals surface area (Å²) < 4.78 is 70.5. The van der Waals surface area contributed by atoms with Gasteiger partial charge in [0.05, 0.1) is 165 Å². The molecule has 0 bridgehead atoms. The molecule has 16 nitrogen and oxygen atoms in total. The highest BCUT2D eigenvalue weighted by Crippen LogP contribution is 2.13. The van der Waals surface area contributed by atoms with Gasteiger partial charge in [0.1, 0.15) is 6.61 Å². The van der Waals surface area contributed by atoms with Crippen LogP contribution in [0.1, 0.15) is 103 Å². The topological polar surface area (TPSA) is 174 Å². The van der Waals surface area contributed by atoms with Crippen LogP contribution >= 0.6 is 0 Å². The molecule has 0 rings (SSSR count). The van der Waals surface area contributed by atoms with Crippen LogP contribution in [0.4, 0.5) is 0 Å². The van der Waals surface area contributed by atoms with Crippen LogP contribution in [-0.2, 0) is 71.2 Å². The molecule has 59 heavy (non-hydrogen) atoms. The van der Waals surface area contributed by atoms with Crippen molar-refractivity contribution in [3.05, 3.63) is 0 Å². The quantitative estimate of drug-likeness (QED) is 0.0584. The highest BCUT2D eigenvalue weighted by molar-refractivity contribution is 5.69. The predicted molar refractivity (Wildman–Crippen MR) is 223 cm³/mol. The third-order valence-electron chi connectivity index (χ3n) is 8.53. The average molecular weight is 857 g/mol. The Bertz CT molecular complexity index is 825. The van der Waals surface area contributed by atoms with Crippen LogP contribution < -0.4 is 0 Å². The first-order valence-corrected chi connectivity index (χ1v) is 22.5. The van der Waals surface area contributed by atoms with Gasteiger partial charge in [0, 0.05) is 6.42 Å². The number of hydrogen-bond acceptors (Lipinski definition) is 15. The Labute approximate surface area is 356 Å². The lowest BCUT2D eigenvalue weighted by Gasteiger charge is -2.09. The Kier molecular flexibility index (Phi) is 51.2. The van der Waals surface area contributed by atoms with Gasteiger partial charge in [-0.25, -0.2) is 0 Å². The number of rotatable bonds is 53. The van der Waals surface area contributed by atoms with E-state index < -0.39 is 5.97 Å². The number of aliphatic carboxylic acids is 1. The monoisotopic (exact) mass is 857 g/mol. The zero-order chi connectivity index (χ0) is 42.6. The van der Waals surface area contributed by atoms with Gasteiger partial charge in [-0.3, -0.25) is 9.59 Å². The Morgan fingerprint density at radius 2 is 0.508 bits per heavy atom. The Balaban J connectivity index is 3.12. The van der Waals surface area contributed by atoms with Gasteiger partial charge < -0.3 is 66.7 Å². The zero-order valence-electron chi connectivity index (χ0n) is 36.9. The van der Waals surface area contributed by atoms with E-state index in [2.05, 4.69) is 6.92 Å². The first-order valence-electron chi connectivity index (χ1n) is 22.5. The molecule has 1 N–H and O–H groups in total. The second kappa shape index (κ2) is 52.6. The van der Waals surface area contributed by atoms with Crippen molar-refractivity contribution in [3.63, 3.8) is 0 Å². The van der Waals surface area contributed by atoms with E-state index in [0.29, 0.717) is 158 Å². The molecule has 0 saturated heterocycles. The summed E-state index contributed by atoms with van der Waals surface area (Å²) in [5, 5.41) is 8.51. The maximum atomic E-state index is 11.9. The van der Waals surface area contributed by atoms with Gasteiger partial charge in [0.15, 0.2) is 0 Å². The van der Waals surface area contributed by atoms with Crippen molar-refractivity contribution in [2.24, 2.45) is 0 Å². The standard InChI is InChI=1S/C43H84O16/c1-2-3-4-5-6-7-8-9-10-11-12-13-14-15-43(46)59-41-40-58-39-38-57-37-36-56-35-34-55-33-32-54-31-30-53-29-28-52-27-26-51-25-24-50-23-22-49-21-20-48-19-18-47-17-16-42(44)45/h2-41H2,1H3,(H,44,45). The fourth-order valence-corrected chi connectivity index (χ4v) is 5.25. The SMILES string of the molecule is CCCCCCCCCCCCCCCC(=O)OCCOCCOCCOCCOCCOCCOCCOCCOCCOCCOCCOCCOCCC(=O)O. The Morgan fingerprint density at radius 3 is 0.763 bits per heavy atom. The lowest BCUT2D eigenvalue weighted by atomic mass is 10.0. The molecule has 0 aromatic carbocycles. The summed E-state index contributed by atoms with van der Waals surface area (Å²) in [6.45, 7) is 13.4. The summed E-state index contributed by atoms with van der Waals surface area (Å²) in [7, 11) is 0. The molecule has 0 atom stereocenters. The van der Waals surface area contributed by atoms with Crippen molar-refractivity contribution in [1.29, 1.82) is 0 Å². The van der Waals surface area contributed by atoms with Crippen LogP contribution in [-0.4, -0.2) is 182 Å². The number of esters is 1. The molecule has 0 aliphatic rings. The van der Waals surface area contributed by atoms with E-state index >= 15 is 0 Å². The molecule has 16 heteroatoms. The molecular formula is C43H84O16. The number of hydrogen-bond donors (Lipinski definition) is 1. The van der Waals surface area contributed by atoms with Gasteiger partial charge in [-0.1, -0.05) is 84.0 Å². The van der Waals surface area contributed by atoms with Crippen LogP contribution in [0.2, 0.25) is 0 Å². The summed E-state index contributed by atoms with van der Waals surface area (Å²) in [5.41, 5.74) is 0. The second-order valence-electron chi connectivity index (χ2n) is 13.7. The first kappa shape index (κ1) is 57.5. The molecule has 0 spiro atoms. The van der Waals surface area contributed by atoms with Crippen LogP contribution in [0.5, 0.6) is 0 Å². The third-order valence-corrected chi connectivity index (χ3v) is 8.53. The van der Waals surface area contributed by atoms with E-state index in [1.54, 1.807) is 0 Å². The normalized spacial score (nSPS) is 11.5. The summed E-state index contributed by atoms with van der Waals surface area (Å²) in [4.78, 5) is 22.2. The molecule has 0 aliphatic carbocycles. The molecule has 0 unspecified atom stereocenters. The first-order chi connectivity index (χ1) is 29.2. The number of carbonyl (C=O) groups is 2. The molecule has 0 aliphatic heterocycles. The molecule has 0 radical (unpaired) electrons. The van der Waals surface area contributed by atoms with Gasteiger partial charge in [0.2, 0.25) is 0 Å². The lowest BCUT2D eigenvalue weighted by molar-refractivity contribution is -0.145. The van der Waals surface area contributed by atoms with Gasteiger partial charge in [-0.2, -0.15) is 0 Å². The molecule has 0 aromatic heterocycles. The van der Waals surface area contributed by atoms with E-state index in [-0.39, 0.29) is 25.6 Å². The van der Waals surface area contributed by atoms with Gasteiger partial charge in [0.25, 0.3) is 0 Å². The smallest absolute Gasteiger partial charge is 0.305 e. The Hall–Kier alpha value is -1.54. The van der Waals surface area contributed by atoms with Crippen molar-refractivity contribution in [1.82, 2.24) is 0 Å². The van der Waals surface area contributed by atoms with E-state index in [9.17, 15) is 9.59 Å². The number of ether oxygens (including phenoxy) is 13. The van der Waals surface area contributed by atoms with Crippen molar-refractivity contribution >= 4 is 11.9 Å². The van der Waals surface area contributed by atoms with Crippen molar-refractivity contribution < 1.29 is 76.3 Å². The molecule has 0 amide bonds. The van der Waals surface area contributed by atoms with Crippen LogP contribution in [0.25, 0.3) is 0 Å². The molecule has 0 saturated carbocycles. The minimum absolute atomic E-state index is 0.00541. The van der Waals surface area contributed by atoms with Crippen LogP contribution in [0, 0.1) is 0 Å². The second-order valence-corrected chi connectivity index (χ2v) is 13.7. The molecule has 0 aromatic rings. The van der Waals surface area contributed by atoms with Gasteiger partial charge in [-0.05, 0) is 6.42 Å². The highest BCUT2D eigenvalue weighted by Gasteiger charge is 2.03. The summed E-state index contributed by atoms with van der Waals surface area (Å²) in [6.07, 6.45) is 17.3. The molecule has 352 valence electrons. The molecular weight excluding hydrogens is 772 g/mol. The highest BCUT2D eigenvalue weighted by atomic mass is 16.6. The predicted octanol–water partition coefficient (Wildman–Crippen LogP) is 5.68. The van der Waals surface area contributed by atoms with E-state index in [1.165, 1.54) is 70.6 Å².